The van der Waals surface area contributed by atoms with Crippen molar-refractivity contribution in [1.82, 2.24) is 25.0 Å². The summed E-state index contributed by atoms with van der Waals surface area (Å²) in [5.74, 6) is 0.101. The zero-order valence-electron chi connectivity index (χ0n) is 24.3. The van der Waals surface area contributed by atoms with Gasteiger partial charge in [0.05, 0.1) is 23.5 Å². The molecule has 2 amide bonds. The number of carbonyl (C=O) groups excluding carboxylic acids is 2. The Morgan fingerprint density at radius 1 is 1.10 bits per heavy atom. The van der Waals surface area contributed by atoms with Crippen LogP contribution in [0.25, 0.3) is 22.3 Å². The molecule has 4 heterocycles. The predicted octanol–water partition coefficient (Wildman–Crippen LogP) is 4.01. The molecular weight excluding hydrogens is 542 g/mol. The molecule has 2 atom stereocenters. The number of pyridine rings is 3. The molecule has 0 spiro atoms. The molecular formula is C29H33N7O6. The molecule has 13 nitrogen and oxygen atoms in total. The summed E-state index contributed by atoms with van der Waals surface area (Å²) in [5, 5.41) is 10.2. The minimum atomic E-state index is -0.739. The predicted molar refractivity (Wildman–Crippen MR) is 156 cm³/mol. The van der Waals surface area contributed by atoms with Crippen LogP contribution in [0.2, 0.25) is 0 Å². The van der Waals surface area contributed by atoms with Crippen molar-refractivity contribution in [1.29, 1.82) is 0 Å². The first-order chi connectivity index (χ1) is 19.9. The van der Waals surface area contributed by atoms with Crippen molar-refractivity contribution in [2.45, 2.75) is 51.4 Å². The number of carbonyl (C=O) groups is 2. The highest BCUT2D eigenvalue weighted by Crippen LogP contribution is 2.32. The lowest BCUT2D eigenvalue weighted by Gasteiger charge is -2.35. The Labute approximate surface area is 241 Å². The molecule has 220 valence electrons. The number of aryl methyl sites for hydroxylation is 1. The highest BCUT2D eigenvalue weighted by atomic mass is 16.6. The molecule has 0 bridgehead atoms. The zero-order chi connectivity index (χ0) is 30.2. The molecule has 5 rings (SSSR count). The largest absolute Gasteiger partial charge is 0.443 e. The van der Waals surface area contributed by atoms with E-state index in [9.17, 15) is 14.4 Å². The zero-order valence-corrected chi connectivity index (χ0v) is 24.3. The maximum absolute atomic E-state index is 13.2. The number of ether oxygens (including phenoxy) is 2. The van der Waals surface area contributed by atoms with Gasteiger partial charge in [-0.3, -0.25) is 14.5 Å². The molecule has 0 radical (unpaired) electrons. The third-order valence-electron chi connectivity index (χ3n) is 6.89. The quantitative estimate of drug-likeness (QED) is 0.330. The number of hydrogen-bond donors (Lipinski definition) is 2. The van der Waals surface area contributed by atoms with Gasteiger partial charge in [-0.05, 0) is 51.8 Å². The van der Waals surface area contributed by atoms with E-state index in [-0.39, 0.29) is 40.3 Å². The summed E-state index contributed by atoms with van der Waals surface area (Å²) >= 11 is 0. The summed E-state index contributed by atoms with van der Waals surface area (Å²) in [6.07, 6.45) is 2.59. The molecule has 1 aliphatic rings. The standard InChI is InChI=1S/C29H33N7O6/c1-29(2,3)41-28(39)36(5)19-15-22(32-21-9-7-8-17(30-21)16-12-13-35(4)23(37)14-16)33-25-24(19)34-42-26(25)27(38)31-18-10-11-20(18)40-6/h7-9,12-15,18,20H,10-11H2,1-6H3,(H,31,38)(H,30,32,33)/t18-,20-/m1/s1. The van der Waals surface area contributed by atoms with Crippen LogP contribution in [-0.2, 0) is 16.5 Å². The molecule has 4 aromatic rings. The molecule has 0 unspecified atom stereocenters. The van der Waals surface area contributed by atoms with Crippen molar-refractivity contribution < 1.29 is 23.6 Å². The number of anilines is 3. The summed E-state index contributed by atoms with van der Waals surface area (Å²) in [7, 11) is 4.81. The van der Waals surface area contributed by atoms with Crippen LogP contribution >= 0.6 is 0 Å². The Balaban J connectivity index is 1.53. The number of aromatic nitrogens is 4. The number of hydrogen-bond acceptors (Lipinski definition) is 10. The Hall–Kier alpha value is -4.78. The normalized spacial score (nSPS) is 16.5. The molecule has 1 aliphatic carbocycles. The highest BCUT2D eigenvalue weighted by Gasteiger charge is 2.34. The van der Waals surface area contributed by atoms with E-state index in [0.29, 0.717) is 22.8 Å². The first kappa shape index (κ1) is 28.7. The Morgan fingerprint density at radius 3 is 2.55 bits per heavy atom. The van der Waals surface area contributed by atoms with E-state index in [1.54, 1.807) is 71.5 Å². The van der Waals surface area contributed by atoms with Gasteiger partial charge in [0.25, 0.3) is 11.5 Å². The minimum absolute atomic E-state index is 0.0784. The number of amides is 2. The van der Waals surface area contributed by atoms with E-state index >= 15 is 0 Å². The van der Waals surface area contributed by atoms with Gasteiger partial charge in [0.15, 0.2) is 5.52 Å². The molecule has 1 fully saturated rings. The summed E-state index contributed by atoms with van der Waals surface area (Å²) in [5.41, 5.74) is 0.989. The molecule has 0 saturated heterocycles. The Bertz CT molecular complexity index is 1700. The fraction of sp³-hybridized carbons (Fsp3) is 0.379. The SMILES string of the molecule is CO[C@@H]1CC[C@H]1NC(=O)c1onc2c(N(C)C(=O)OC(C)(C)C)cc(Nc3cccc(-c4ccn(C)c(=O)c4)n3)nc12. The average Bonchev–Trinajstić information content (AvgIpc) is 3.35. The lowest BCUT2D eigenvalue weighted by Crippen LogP contribution is -2.51. The summed E-state index contributed by atoms with van der Waals surface area (Å²) in [4.78, 5) is 48.9. The van der Waals surface area contributed by atoms with E-state index in [4.69, 9.17) is 14.0 Å². The second-order valence-corrected chi connectivity index (χ2v) is 11.1. The van der Waals surface area contributed by atoms with Gasteiger partial charge in [0.2, 0.25) is 5.76 Å². The number of nitrogens with one attached hydrogen (secondary N) is 2. The number of nitrogens with zero attached hydrogens (tertiary/aromatic N) is 5. The van der Waals surface area contributed by atoms with Gasteiger partial charge in [0.1, 0.15) is 22.8 Å². The van der Waals surface area contributed by atoms with Gasteiger partial charge in [-0.2, -0.15) is 0 Å². The van der Waals surface area contributed by atoms with E-state index < -0.39 is 17.6 Å². The van der Waals surface area contributed by atoms with Gasteiger partial charge < -0.3 is 29.2 Å². The second kappa shape index (κ2) is 11.2. The monoisotopic (exact) mass is 575 g/mol. The maximum atomic E-state index is 13.2. The highest BCUT2D eigenvalue weighted by molar-refractivity contribution is 6.07. The maximum Gasteiger partial charge on any atom is 0.414 e. The molecule has 2 N–H and O–H groups in total. The van der Waals surface area contributed by atoms with Crippen molar-refractivity contribution in [2.24, 2.45) is 7.05 Å². The van der Waals surface area contributed by atoms with Crippen LogP contribution in [0.3, 0.4) is 0 Å². The summed E-state index contributed by atoms with van der Waals surface area (Å²) in [6, 6.07) is 10.0. The van der Waals surface area contributed by atoms with Gasteiger partial charge in [0, 0.05) is 45.1 Å². The van der Waals surface area contributed by atoms with Crippen LogP contribution in [0, 0.1) is 0 Å². The number of methoxy groups -OCH3 is 1. The topological polar surface area (TPSA) is 154 Å². The Morgan fingerprint density at radius 2 is 1.88 bits per heavy atom. The van der Waals surface area contributed by atoms with Crippen LogP contribution in [0.15, 0.2) is 51.9 Å². The molecule has 13 heteroatoms. The number of rotatable bonds is 7. The lowest BCUT2D eigenvalue weighted by molar-refractivity contribution is 0.00677. The molecule has 0 aliphatic heterocycles. The van der Waals surface area contributed by atoms with E-state index in [1.165, 1.54) is 22.6 Å². The molecule has 1 saturated carbocycles. The summed E-state index contributed by atoms with van der Waals surface area (Å²) < 4.78 is 17.9. The average molecular weight is 576 g/mol. The van der Waals surface area contributed by atoms with Crippen molar-refractivity contribution in [3.8, 4) is 11.3 Å². The van der Waals surface area contributed by atoms with Crippen molar-refractivity contribution in [3.63, 3.8) is 0 Å². The summed E-state index contributed by atoms with van der Waals surface area (Å²) in [6.45, 7) is 5.30. The minimum Gasteiger partial charge on any atom is -0.443 e. The van der Waals surface area contributed by atoms with Crippen LogP contribution < -0.4 is 21.1 Å². The fourth-order valence-corrected chi connectivity index (χ4v) is 4.46. The van der Waals surface area contributed by atoms with Crippen molar-refractivity contribution in [2.75, 3.05) is 24.4 Å². The van der Waals surface area contributed by atoms with Gasteiger partial charge in [-0.15, -0.1) is 0 Å². The van der Waals surface area contributed by atoms with Gasteiger partial charge >= 0.3 is 6.09 Å². The number of fused-ring (bicyclic) bond motifs is 1. The third-order valence-corrected chi connectivity index (χ3v) is 6.89. The van der Waals surface area contributed by atoms with Crippen LogP contribution in [0.1, 0.15) is 44.2 Å². The lowest BCUT2D eigenvalue weighted by atomic mass is 9.89. The Kier molecular flexibility index (Phi) is 7.69. The molecule has 42 heavy (non-hydrogen) atoms. The van der Waals surface area contributed by atoms with Gasteiger partial charge in [-0.25, -0.2) is 14.8 Å². The first-order valence-electron chi connectivity index (χ1n) is 13.5. The fourth-order valence-electron chi connectivity index (χ4n) is 4.46. The molecule has 0 aromatic carbocycles. The smallest absolute Gasteiger partial charge is 0.414 e. The van der Waals surface area contributed by atoms with Crippen LogP contribution in [0.5, 0.6) is 0 Å². The third kappa shape index (κ3) is 5.96. The van der Waals surface area contributed by atoms with Gasteiger partial charge in [-0.1, -0.05) is 11.2 Å². The van der Waals surface area contributed by atoms with Crippen LogP contribution in [-0.4, -0.2) is 63.6 Å². The van der Waals surface area contributed by atoms with Crippen molar-refractivity contribution >= 4 is 40.4 Å². The second-order valence-electron chi connectivity index (χ2n) is 11.1. The van der Waals surface area contributed by atoms with Crippen LogP contribution in [0.4, 0.5) is 22.1 Å². The van der Waals surface area contributed by atoms with E-state index in [0.717, 1.165) is 12.8 Å². The molecule has 4 aromatic heterocycles. The van der Waals surface area contributed by atoms with E-state index in [2.05, 4.69) is 25.8 Å². The first-order valence-corrected chi connectivity index (χ1v) is 13.5. The van der Waals surface area contributed by atoms with Crippen molar-refractivity contribution in [3.05, 3.63) is 58.7 Å². The van der Waals surface area contributed by atoms with E-state index in [1.807, 2.05) is 0 Å².